The van der Waals surface area contributed by atoms with Crippen molar-refractivity contribution in [3.05, 3.63) is 30.2 Å². The number of hydrogen-bond acceptors (Lipinski definition) is 4. The Kier molecular flexibility index (Phi) is 3.92. The van der Waals surface area contributed by atoms with Gasteiger partial charge >= 0.3 is 0 Å². The Balaban J connectivity index is 1.49. The first kappa shape index (κ1) is 13.1. The molecule has 2 heterocycles. The number of carbonyl (C=O) groups excluding carboxylic acids is 1. The molecule has 0 bridgehead atoms. The molecule has 0 unspecified atom stereocenters. The average molecular weight is 273 g/mol. The van der Waals surface area contributed by atoms with Crippen molar-refractivity contribution in [3.63, 3.8) is 0 Å². The summed E-state index contributed by atoms with van der Waals surface area (Å²) in [6, 6.07) is 6.23. The maximum atomic E-state index is 11.8. The smallest absolute Gasteiger partial charge is 0.234 e. The van der Waals surface area contributed by atoms with Crippen LogP contribution in [0.2, 0.25) is 0 Å². The third kappa shape index (κ3) is 2.96. The van der Waals surface area contributed by atoms with Crippen molar-refractivity contribution in [2.75, 3.05) is 6.54 Å². The minimum Gasteiger partial charge on any atom is -0.348 e. The second-order valence-corrected chi connectivity index (χ2v) is 5.18. The van der Waals surface area contributed by atoms with Gasteiger partial charge < -0.3 is 10.6 Å². The lowest BCUT2D eigenvalue weighted by molar-refractivity contribution is -0.120. The van der Waals surface area contributed by atoms with Crippen LogP contribution in [0.5, 0.6) is 0 Å². The summed E-state index contributed by atoms with van der Waals surface area (Å²) < 4.78 is 1.88. The molecule has 1 amide bonds. The highest BCUT2D eigenvalue weighted by Gasteiger charge is 2.15. The molecule has 20 heavy (non-hydrogen) atoms. The summed E-state index contributed by atoms with van der Waals surface area (Å²) in [5, 5.41) is 14.3. The lowest BCUT2D eigenvalue weighted by Gasteiger charge is -2.11. The zero-order valence-corrected chi connectivity index (χ0v) is 11.4. The fourth-order valence-electron chi connectivity index (χ4n) is 2.62. The van der Waals surface area contributed by atoms with E-state index < -0.39 is 0 Å². The van der Waals surface area contributed by atoms with E-state index in [2.05, 4.69) is 20.8 Å². The molecule has 0 spiro atoms. The summed E-state index contributed by atoms with van der Waals surface area (Å²) >= 11 is 0. The molecular formula is C14H19N5O. The van der Waals surface area contributed by atoms with Crippen LogP contribution in [-0.4, -0.2) is 33.1 Å². The summed E-state index contributed by atoms with van der Waals surface area (Å²) in [6.45, 7) is 0.776. The average Bonchev–Trinajstić information content (AvgIpc) is 3.12. The Bertz CT molecular complexity index is 588. The van der Waals surface area contributed by atoms with Crippen LogP contribution in [0.25, 0.3) is 5.65 Å². The molecule has 106 valence electrons. The number of aromatic nitrogens is 3. The molecule has 1 aliphatic rings. The van der Waals surface area contributed by atoms with Crippen LogP contribution in [0.15, 0.2) is 24.4 Å². The van der Waals surface area contributed by atoms with Gasteiger partial charge in [0.15, 0.2) is 11.5 Å². The zero-order chi connectivity index (χ0) is 13.8. The number of pyridine rings is 1. The van der Waals surface area contributed by atoms with Gasteiger partial charge in [0.05, 0.1) is 13.1 Å². The molecule has 2 N–H and O–H groups in total. The molecule has 0 aromatic carbocycles. The molecule has 2 aromatic heterocycles. The first-order valence-corrected chi connectivity index (χ1v) is 7.11. The van der Waals surface area contributed by atoms with Crippen LogP contribution < -0.4 is 10.6 Å². The highest BCUT2D eigenvalue weighted by molar-refractivity contribution is 5.77. The Morgan fingerprint density at radius 3 is 3.00 bits per heavy atom. The Morgan fingerprint density at radius 1 is 1.30 bits per heavy atom. The predicted molar refractivity (Wildman–Crippen MR) is 75.1 cm³/mol. The Hall–Kier alpha value is -1.95. The van der Waals surface area contributed by atoms with E-state index in [0.717, 1.165) is 11.5 Å². The second-order valence-electron chi connectivity index (χ2n) is 5.18. The normalized spacial score (nSPS) is 15.8. The van der Waals surface area contributed by atoms with Crippen LogP contribution in [0.1, 0.15) is 31.5 Å². The number of carbonyl (C=O) groups is 1. The monoisotopic (exact) mass is 273 g/mol. The maximum Gasteiger partial charge on any atom is 0.234 e. The molecule has 3 rings (SSSR count). The van der Waals surface area contributed by atoms with E-state index in [9.17, 15) is 4.79 Å². The molecule has 1 aliphatic carbocycles. The summed E-state index contributed by atoms with van der Waals surface area (Å²) in [6.07, 6.45) is 6.80. The molecule has 2 aromatic rings. The zero-order valence-electron chi connectivity index (χ0n) is 11.4. The van der Waals surface area contributed by atoms with Crippen molar-refractivity contribution < 1.29 is 4.79 Å². The lowest BCUT2D eigenvalue weighted by Crippen LogP contribution is -2.38. The van der Waals surface area contributed by atoms with E-state index in [0.29, 0.717) is 19.1 Å². The summed E-state index contributed by atoms with van der Waals surface area (Å²) in [7, 11) is 0. The van der Waals surface area contributed by atoms with Gasteiger partial charge in [-0.25, -0.2) is 0 Å². The number of fused-ring (bicyclic) bond motifs is 1. The van der Waals surface area contributed by atoms with E-state index >= 15 is 0 Å². The van der Waals surface area contributed by atoms with Crippen molar-refractivity contribution >= 4 is 11.6 Å². The van der Waals surface area contributed by atoms with Gasteiger partial charge in [0.25, 0.3) is 0 Å². The number of rotatable bonds is 5. The Labute approximate surface area is 117 Å². The largest absolute Gasteiger partial charge is 0.348 e. The Morgan fingerprint density at radius 2 is 2.15 bits per heavy atom. The van der Waals surface area contributed by atoms with E-state index in [-0.39, 0.29) is 5.91 Å². The summed E-state index contributed by atoms with van der Waals surface area (Å²) in [5.74, 6) is 0.749. The van der Waals surface area contributed by atoms with Crippen LogP contribution in [0, 0.1) is 0 Å². The lowest BCUT2D eigenvalue weighted by atomic mass is 10.2. The van der Waals surface area contributed by atoms with E-state index in [4.69, 9.17) is 0 Å². The molecule has 0 radical (unpaired) electrons. The summed E-state index contributed by atoms with van der Waals surface area (Å²) in [4.78, 5) is 11.8. The van der Waals surface area contributed by atoms with Crippen molar-refractivity contribution in [2.45, 2.75) is 38.3 Å². The van der Waals surface area contributed by atoms with Gasteiger partial charge in [-0.2, -0.15) is 0 Å². The van der Waals surface area contributed by atoms with Gasteiger partial charge in [-0.05, 0) is 25.0 Å². The first-order valence-electron chi connectivity index (χ1n) is 7.11. The summed E-state index contributed by atoms with van der Waals surface area (Å²) in [5.41, 5.74) is 0.792. The molecule has 0 atom stereocenters. The molecule has 1 saturated carbocycles. The second kappa shape index (κ2) is 6.00. The predicted octanol–water partition coefficient (Wildman–Crippen LogP) is 0.878. The maximum absolute atomic E-state index is 11.8. The molecule has 1 fully saturated rings. The number of hydrogen-bond donors (Lipinski definition) is 2. The third-order valence-electron chi connectivity index (χ3n) is 3.73. The molecule has 6 heteroatoms. The highest BCUT2D eigenvalue weighted by atomic mass is 16.1. The van der Waals surface area contributed by atoms with Gasteiger partial charge in [0.1, 0.15) is 0 Å². The number of amides is 1. The molecule has 0 saturated heterocycles. The van der Waals surface area contributed by atoms with Crippen molar-refractivity contribution in [2.24, 2.45) is 0 Å². The standard InChI is InChI=1S/C14H19N5O/c20-14(10-15-11-5-1-2-6-11)16-9-13-18-17-12-7-3-4-8-19(12)13/h3-4,7-8,11,15H,1-2,5-6,9-10H2,(H,16,20). The van der Waals surface area contributed by atoms with Crippen molar-refractivity contribution in [1.29, 1.82) is 0 Å². The van der Waals surface area contributed by atoms with Crippen molar-refractivity contribution in [3.8, 4) is 0 Å². The van der Waals surface area contributed by atoms with Crippen LogP contribution >= 0.6 is 0 Å². The topological polar surface area (TPSA) is 71.3 Å². The van der Waals surface area contributed by atoms with Gasteiger partial charge in [0.2, 0.25) is 5.91 Å². The van der Waals surface area contributed by atoms with E-state index in [1.165, 1.54) is 25.7 Å². The van der Waals surface area contributed by atoms with E-state index in [1.54, 1.807) is 0 Å². The van der Waals surface area contributed by atoms with Crippen LogP contribution in [-0.2, 0) is 11.3 Å². The van der Waals surface area contributed by atoms with Crippen LogP contribution in [0.3, 0.4) is 0 Å². The van der Waals surface area contributed by atoms with Gasteiger partial charge in [0, 0.05) is 12.2 Å². The van der Waals surface area contributed by atoms with Gasteiger partial charge in [-0.3, -0.25) is 9.20 Å². The fraction of sp³-hybridized carbons (Fsp3) is 0.500. The number of nitrogens with zero attached hydrogens (tertiary/aromatic N) is 3. The minimum atomic E-state index is 0.00424. The van der Waals surface area contributed by atoms with Gasteiger partial charge in [-0.15, -0.1) is 10.2 Å². The van der Waals surface area contributed by atoms with E-state index in [1.807, 2.05) is 28.8 Å². The SMILES string of the molecule is O=C(CNC1CCCC1)NCc1nnc2ccccn12. The minimum absolute atomic E-state index is 0.00424. The first-order chi connectivity index (χ1) is 9.83. The van der Waals surface area contributed by atoms with Gasteiger partial charge in [-0.1, -0.05) is 18.9 Å². The molecule has 0 aliphatic heterocycles. The van der Waals surface area contributed by atoms with Crippen molar-refractivity contribution in [1.82, 2.24) is 25.2 Å². The quantitative estimate of drug-likeness (QED) is 0.848. The molecular weight excluding hydrogens is 254 g/mol. The highest BCUT2D eigenvalue weighted by Crippen LogP contribution is 2.17. The molecule has 6 nitrogen and oxygen atoms in total. The fourth-order valence-corrected chi connectivity index (χ4v) is 2.62. The number of nitrogens with one attached hydrogen (secondary N) is 2. The van der Waals surface area contributed by atoms with Crippen LogP contribution in [0.4, 0.5) is 0 Å². The third-order valence-corrected chi connectivity index (χ3v) is 3.73.